The third-order valence-corrected chi connectivity index (χ3v) is 8.81. The maximum atomic E-state index is 13.0. The van der Waals surface area contributed by atoms with Crippen molar-refractivity contribution in [2.45, 2.75) is 57.2 Å². The van der Waals surface area contributed by atoms with Crippen LogP contribution in [-0.4, -0.2) is 85.3 Å². The Labute approximate surface area is 228 Å². The van der Waals surface area contributed by atoms with Gasteiger partial charge in [0, 0.05) is 48.2 Å². The molecule has 2 fully saturated rings. The van der Waals surface area contributed by atoms with Crippen molar-refractivity contribution >= 4 is 41.3 Å². The first-order valence-corrected chi connectivity index (χ1v) is 13.3. The number of nitro groups is 1. The lowest BCUT2D eigenvalue weighted by Crippen LogP contribution is -2.63. The van der Waals surface area contributed by atoms with E-state index >= 15 is 0 Å². The van der Waals surface area contributed by atoms with E-state index < -0.39 is 47.0 Å². The molecule has 0 unspecified atom stereocenters. The van der Waals surface area contributed by atoms with Crippen LogP contribution in [0.2, 0.25) is 0 Å². The van der Waals surface area contributed by atoms with Gasteiger partial charge in [-0.25, -0.2) is 9.59 Å². The van der Waals surface area contributed by atoms with Crippen molar-refractivity contribution in [3.05, 3.63) is 50.5 Å². The second kappa shape index (κ2) is 11.2. The summed E-state index contributed by atoms with van der Waals surface area (Å²) in [6, 6.07) is 4.77. The Morgan fingerprint density at radius 3 is 2.51 bits per heavy atom. The fourth-order valence-electron chi connectivity index (χ4n) is 5.44. The Hall–Kier alpha value is -3.65. The van der Waals surface area contributed by atoms with Crippen molar-refractivity contribution in [3.63, 3.8) is 0 Å². The Bertz CT molecular complexity index is 1220. The predicted molar refractivity (Wildman–Crippen MR) is 138 cm³/mol. The summed E-state index contributed by atoms with van der Waals surface area (Å²) in [6.07, 6.45) is -1.10. The number of β-lactam (4-membered cyclic amide) rings is 1. The van der Waals surface area contributed by atoms with Crippen LogP contribution < -0.4 is 5.32 Å². The molecule has 39 heavy (non-hydrogen) atoms. The van der Waals surface area contributed by atoms with Gasteiger partial charge in [0.05, 0.1) is 29.0 Å². The zero-order valence-electron chi connectivity index (χ0n) is 21.6. The summed E-state index contributed by atoms with van der Waals surface area (Å²) < 4.78 is 5.46. The van der Waals surface area contributed by atoms with Crippen LogP contribution in [-0.2, 0) is 25.7 Å². The van der Waals surface area contributed by atoms with Gasteiger partial charge in [0.15, 0.2) is 0 Å². The smallest absolute Gasteiger partial charge is 0.410 e. The SMILES string of the molecule is CC(=O)NC[C@@H]1C[C@H](SC2=C(C(=O)O)N3C(=O)[C@H]([C@@H](C)O)[C@H]3[C@H]2C)CN1C(=O)OCc1ccc([N+](=O)[O-])cc1. The van der Waals surface area contributed by atoms with E-state index in [1.54, 1.807) is 0 Å². The molecule has 0 saturated carbocycles. The molecule has 14 heteroatoms. The van der Waals surface area contributed by atoms with Gasteiger partial charge in [-0.2, -0.15) is 0 Å². The summed E-state index contributed by atoms with van der Waals surface area (Å²) >= 11 is 1.30. The number of carbonyl (C=O) groups excluding carboxylic acids is 3. The number of carboxylic acid groups (broad SMARTS) is 1. The van der Waals surface area contributed by atoms with Crippen LogP contribution in [0.4, 0.5) is 10.5 Å². The Morgan fingerprint density at radius 1 is 1.28 bits per heavy atom. The Morgan fingerprint density at radius 2 is 1.95 bits per heavy atom. The van der Waals surface area contributed by atoms with Crippen molar-refractivity contribution in [2.24, 2.45) is 11.8 Å². The quantitative estimate of drug-likeness (QED) is 0.228. The summed E-state index contributed by atoms with van der Waals surface area (Å²) in [7, 11) is 0. The molecule has 3 aliphatic rings. The number of hydrogen-bond donors (Lipinski definition) is 3. The molecule has 0 radical (unpaired) electrons. The molecule has 0 aliphatic carbocycles. The molecule has 1 aromatic carbocycles. The van der Waals surface area contributed by atoms with E-state index in [4.69, 9.17) is 4.74 Å². The minimum absolute atomic E-state index is 0.0812. The molecule has 0 spiro atoms. The number of aliphatic hydroxyl groups is 1. The Balaban J connectivity index is 1.47. The summed E-state index contributed by atoms with van der Waals surface area (Å²) in [5.74, 6) is -2.89. The second-order valence-electron chi connectivity index (χ2n) is 9.97. The monoisotopic (exact) mass is 562 g/mol. The average molecular weight is 563 g/mol. The first-order chi connectivity index (χ1) is 18.4. The maximum absolute atomic E-state index is 13.0. The molecule has 4 rings (SSSR count). The van der Waals surface area contributed by atoms with Gasteiger partial charge in [-0.05, 0) is 31.0 Å². The largest absolute Gasteiger partial charge is 0.477 e. The first kappa shape index (κ1) is 28.4. The van der Waals surface area contributed by atoms with Gasteiger partial charge in [0.1, 0.15) is 12.3 Å². The molecule has 1 aromatic rings. The molecule has 13 nitrogen and oxygen atoms in total. The van der Waals surface area contributed by atoms with Crippen molar-refractivity contribution in [2.75, 3.05) is 13.1 Å². The predicted octanol–water partition coefficient (Wildman–Crippen LogP) is 1.70. The van der Waals surface area contributed by atoms with Crippen LogP contribution in [0.5, 0.6) is 0 Å². The summed E-state index contributed by atoms with van der Waals surface area (Å²) in [4.78, 5) is 62.9. The van der Waals surface area contributed by atoms with Crippen molar-refractivity contribution in [1.29, 1.82) is 0 Å². The van der Waals surface area contributed by atoms with Gasteiger partial charge >= 0.3 is 12.1 Å². The fraction of sp³-hybridized carbons (Fsp3) is 0.520. The topological polar surface area (TPSA) is 180 Å². The lowest BCUT2D eigenvalue weighted by Gasteiger charge is -2.46. The molecule has 0 aromatic heterocycles. The first-order valence-electron chi connectivity index (χ1n) is 12.5. The van der Waals surface area contributed by atoms with E-state index in [1.807, 2.05) is 6.92 Å². The summed E-state index contributed by atoms with van der Waals surface area (Å²) in [6.45, 7) is 5.00. The highest BCUT2D eigenvalue weighted by Crippen LogP contribution is 2.52. The minimum Gasteiger partial charge on any atom is -0.477 e. The van der Waals surface area contributed by atoms with Crippen LogP contribution in [0.25, 0.3) is 0 Å². The van der Waals surface area contributed by atoms with Gasteiger partial charge in [-0.15, -0.1) is 11.8 Å². The number of aliphatic carboxylic acids is 1. The number of aliphatic hydroxyl groups excluding tert-OH is 1. The summed E-state index contributed by atoms with van der Waals surface area (Å²) in [5.41, 5.74) is 0.398. The number of carbonyl (C=O) groups is 4. The number of thioether (sulfide) groups is 1. The molecule has 3 heterocycles. The summed E-state index contributed by atoms with van der Waals surface area (Å²) in [5, 5.41) is 33.3. The third-order valence-electron chi connectivity index (χ3n) is 7.31. The highest BCUT2D eigenvalue weighted by molar-refractivity contribution is 8.03. The van der Waals surface area contributed by atoms with E-state index in [-0.39, 0.29) is 48.2 Å². The van der Waals surface area contributed by atoms with Gasteiger partial charge < -0.3 is 30.1 Å². The minimum atomic E-state index is -1.23. The van der Waals surface area contributed by atoms with Crippen LogP contribution in [0.15, 0.2) is 34.9 Å². The lowest BCUT2D eigenvalue weighted by molar-refractivity contribution is -0.384. The number of hydrogen-bond acceptors (Lipinski definition) is 9. The number of amides is 3. The number of fused-ring (bicyclic) bond motifs is 1. The van der Waals surface area contributed by atoms with E-state index in [2.05, 4.69) is 5.32 Å². The van der Waals surface area contributed by atoms with Crippen LogP contribution in [0.1, 0.15) is 32.8 Å². The van der Waals surface area contributed by atoms with E-state index in [9.17, 15) is 39.5 Å². The van der Waals surface area contributed by atoms with Crippen molar-refractivity contribution in [1.82, 2.24) is 15.1 Å². The standard InChI is InChI=1S/C25H30N4O9S/c1-12-20-19(13(2)30)23(32)28(20)21(24(33)34)22(12)39-18-8-17(9-26-14(3)31)27(10-18)25(35)38-11-15-4-6-16(7-5-15)29(36)37/h4-7,12-13,17-20,30H,8-11H2,1-3H3,(H,26,31)(H,33,34)/t12-,13-,17+,18+,19-,20-/m1/s1. The maximum Gasteiger partial charge on any atom is 0.410 e. The van der Waals surface area contributed by atoms with Crippen LogP contribution >= 0.6 is 11.8 Å². The van der Waals surface area contributed by atoms with Gasteiger partial charge in [0.25, 0.3) is 5.69 Å². The second-order valence-corrected chi connectivity index (χ2v) is 11.3. The highest BCUT2D eigenvalue weighted by Gasteiger charge is 2.60. The molecule has 3 N–H and O–H groups in total. The fourth-order valence-corrected chi connectivity index (χ4v) is 7.00. The molecular formula is C25H30N4O9S. The Kier molecular flexibility index (Phi) is 8.16. The zero-order valence-corrected chi connectivity index (χ0v) is 22.4. The number of non-ortho nitro benzene ring substituents is 1. The molecule has 0 bridgehead atoms. The third kappa shape index (κ3) is 5.57. The molecular weight excluding hydrogens is 532 g/mol. The molecule has 3 amide bonds. The number of ether oxygens (including phenoxy) is 1. The average Bonchev–Trinajstić information content (AvgIpc) is 3.38. The zero-order chi connectivity index (χ0) is 28.6. The van der Waals surface area contributed by atoms with Gasteiger partial charge in [0.2, 0.25) is 11.8 Å². The van der Waals surface area contributed by atoms with E-state index in [1.165, 1.54) is 59.7 Å². The number of carboxylic acids is 1. The van der Waals surface area contributed by atoms with Crippen molar-refractivity contribution in [3.8, 4) is 0 Å². The van der Waals surface area contributed by atoms with Crippen LogP contribution in [0, 0.1) is 22.0 Å². The number of nitrogens with one attached hydrogen (secondary N) is 1. The molecule has 2 saturated heterocycles. The van der Waals surface area contributed by atoms with E-state index in [0.717, 1.165) is 0 Å². The number of nitrogens with zero attached hydrogens (tertiary/aromatic N) is 3. The lowest BCUT2D eigenvalue weighted by atomic mass is 9.79. The molecule has 3 aliphatic heterocycles. The van der Waals surface area contributed by atoms with Gasteiger partial charge in [-0.3, -0.25) is 19.7 Å². The number of nitro benzene ring substituents is 1. The molecule has 6 atom stereocenters. The highest BCUT2D eigenvalue weighted by atomic mass is 32.2. The normalized spacial score (nSPS) is 26.7. The van der Waals surface area contributed by atoms with Crippen LogP contribution in [0.3, 0.4) is 0 Å². The number of benzene rings is 1. The van der Waals surface area contributed by atoms with Crippen molar-refractivity contribution < 1.29 is 39.1 Å². The van der Waals surface area contributed by atoms with Gasteiger partial charge in [-0.1, -0.05) is 6.92 Å². The number of rotatable bonds is 9. The molecule has 210 valence electrons. The number of likely N-dealkylation sites (tertiary alicyclic amines) is 1. The van der Waals surface area contributed by atoms with E-state index in [0.29, 0.717) is 16.9 Å².